The molecule has 0 saturated heterocycles. The minimum Gasteiger partial charge on any atom is -0.325 e. The Hall–Kier alpha value is -2.69. The molecule has 130 valence electrons. The first-order valence-electron chi connectivity index (χ1n) is 7.59. The third kappa shape index (κ3) is 5.41. The van der Waals surface area contributed by atoms with Crippen LogP contribution < -0.4 is 5.32 Å². The Morgan fingerprint density at radius 1 is 1.20 bits per heavy atom. The van der Waals surface area contributed by atoms with Gasteiger partial charge in [0.2, 0.25) is 15.9 Å². The average Bonchev–Trinajstić information content (AvgIpc) is 2.55. The monoisotopic (exact) mass is 357 g/mol. The van der Waals surface area contributed by atoms with Gasteiger partial charge in [-0.05, 0) is 36.2 Å². The molecule has 0 heterocycles. The molecule has 0 unspecified atom stereocenters. The largest absolute Gasteiger partial charge is 0.325 e. The molecule has 2 aromatic carbocycles. The summed E-state index contributed by atoms with van der Waals surface area (Å²) in [5, 5.41) is 11.5. The Bertz CT molecular complexity index is 917. The van der Waals surface area contributed by atoms with Crippen LogP contribution >= 0.6 is 0 Å². The molecule has 0 spiro atoms. The predicted molar refractivity (Wildman–Crippen MR) is 96.2 cm³/mol. The summed E-state index contributed by atoms with van der Waals surface area (Å²) in [5.74, 6) is -0.464. The summed E-state index contributed by atoms with van der Waals surface area (Å²) in [4.78, 5) is 12.2. The van der Waals surface area contributed by atoms with Crippen LogP contribution in [-0.2, 0) is 21.4 Å². The Balaban J connectivity index is 2.13. The maximum absolute atomic E-state index is 12.2. The lowest BCUT2D eigenvalue weighted by molar-refractivity contribution is -0.116. The maximum atomic E-state index is 12.2. The number of nitrogens with zero attached hydrogens (tertiary/aromatic N) is 2. The van der Waals surface area contributed by atoms with Crippen LogP contribution in [0.5, 0.6) is 0 Å². The first kappa shape index (κ1) is 18.6. The summed E-state index contributed by atoms with van der Waals surface area (Å²) in [5.41, 5.74) is 2.66. The standard InChI is InChI=1S/C18H19N3O3S/c1-14-6-3-4-8-16(14)12-21(25(2,23)24)13-18(22)20-17-9-5-7-15(10-17)11-19/h3-10H,12-13H2,1-2H3,(H,20,22). The van der Waals surface area contributed by atoms with Gasteiger partial charge in [0, 0.05) is 12.2 Å². The smallest absolute Gasteiger partial charge is 0.239 e. The van der Waals surface area contributed by atoms with Crippen molar-refractivity contribution in [1.29, 1.82) is 5.26 Å². The van der Waals surface area contributed by atoms with Gasteiger partial charge >= 0.3 is 0 Å². The van der Waals surface area contributed by atoms with Gasteiger partial charge in [-0.3, -0.25) is 4.79 Å². The highest BCUT2D eigenvalue weighted by Crippen LogP contribution is 2.14. The van der Waals surface area contributed by atoms with Gasteiger partial charge in [-0.2, -0.15) is 9.57 Å². The van der Waals surface area contributed by atoms with Crippen molar-refractivity contribution in [1.82, 2.24) is 4.31 Å². The minimum atomic E-state index is -3.56. The summed E-state index contributed by atoms with van der Waals surface area (Å²) < 4.78 is 25.2. The number of carbonyl (C=O) groups is 1. The Morgan fingerprint density at radius 3 is 2.56 bits per heavy atom. The summed E-state index contributed by atoms with van der Waals surface area (Å²) in [6.45, 7) is 1.71. The second-order valence-electron chi connectivity index (χ2n) is 5.70. The molecule has 2 rings (SSSR count). The SMILES string of the molecule is Cc1ccccc1CN(CC(=O)Nc1cccc(C#N)c1)S(C)(=O)=O. The summed E-state index contributed by atoms with van der Waals surface area (Å²) in [6, 6.07) is 15.9. The van der Waals surface area contributed by atoms with Gasteiger partial charge in [-0.15, -0.1) is 0 Å². The van der Waals surface area contributed by atoms with E-state index in [9.17, 15) is 13.2 Å². The van der Waals surface area contributed by atoms with E-state index >= 15 is 0 Å². The first-order valence-corrected chi connectivity index (χ1v) is 9.44. The molecule has 2 aromatic rings. The number of hydrogen-bond donors (Lipinski definition) is 1. The van der Waals surface area contributed by atoms with E-state index in [1.165, 1.54) is 6.07 Å². The van der Waals surface area contributed by atoms with Gasteiger partial charge < -0.3 is 5.32 Å². The molecule has 0 aliphatic carbocycles. The lowest BCUT2D eigenvalue weighted by atomic mass is 10.1. The van der Waals surface area contributed by atoms with Gasteiger partial charge in [-0.1, -0.05) is 30.3 Å². The zero-order chi connectivity index (χ0) is 18.4. The molecular formula is C18H19N3O3S. The number of carbonyl (C=O) groups excluding carboxylic acids is 1. The number of benzene rings is 2. The third-order valence-electron chi connectivity index (χ3n) is 3.67. The Labute approximate surface area is 147 Å². The van der Waals surface area contributed by atoms with Crippen molar-refractivity contribution in [2.75, 3.05) is 18.1 Å². The number of nitrogens with one attached hydrogen (secondary N) is 1. The van der Waals surface area contributed by atoms with E-state index in [0.717, 1.165) is 21.7 Å². The van der Waals surface area contributed by atoms with Crippen LogP contribution in [-0.4, -0.2) is 31.4 Å². The van der Waals surface area contributed by atoms with Crippen LogP contribution in [0.25, 0.3) is 0 Å². The van der Waals surface area contributed by atoms with E-state index in [0.29, 0.717) is 11.3 Å². The molecule has 0 saturated carbocycles. The topological polar surface area (TPSA) is 90.3 Å². The Morgan fingerprint density at radius 2 is 1.92 bits per heavy atom. The number of hydrogen-bond acceptors (Lipinski definition) is 4. The second-order valence-corrected chi connectivity index (χ2v) is 7.68. The molecule has 1 N–H and O–H groups in total. The van der Waals surface area contributed by atoms with Crippen LogP contribution in [0.1, 0.15) is 16.7 Å². The van der Waals surface area contributed by atoms with Crippen molar-refractivity contribution >= 4 is 21.6 Å². The van der Waals surface area contributed by atoms with Crippen molar-refractivity contribution in [2.45, 2.75) is 13.5 Å². The summed E-state index contributed by atoms with van der Waals surface area (Å²) >= 11 is 0. The molecule has 0 aliphatic rings. The zero-order valence-electron chi connectivity index (χ0n) is 14.1. The second kappa shape index (κ2) is 7.92. The van der Waals surface area contributed by atoms with Gasteiger partial charge in [0.05, 0.1) is 24.4 Å². The van der Waals surface area contributed by atoms with Crippen molar-refractivity contribution in [3.8, 4) is 6.07 Å². The first-order chi connectivity index (χ1) is 11.8. The number of amides is 1. The van der Waals surface area contributed by atoms with Crippen LogP contribution in [0.15, 0.2) is 48.5 Å². The molecule has 7 heteroatoms. The minimum absolute atomic E-state index is 0.122. The van der Waals surface area contributed by atoms with Gasteiger partial charge in [0.25, 0.3) is 0 Å². The van der Waals surface area contributed by atoms with Gasteiger partial charge in [0.15, 0.2) is 0 Å². The van der Waals surface area contributed by atoms with E-state index in [1.54, 1.807) is 18.2 Å². The average molecular weight is 357 g/mol. The quantitative estimate of drug-likeness (QED) is 0.859. The number of sulfonamides is 1. The normalized spacial score (nSPS) is 11.1. The molecule has 0 aliphatic heterocycles. The highest BCUT2D eigenvalue weighted by atomic mass is 32.2. The fourth-order valence-corrected chi connectivity index (χ4v) is 3.02. The molecule has 0 bridgehead atoms. The lowest BCUT2D eigenvalue weighted by Gasteiger charge is -2.20. The number of rotatable bonds is 6. The van der Waals surface area contributed by atoms with E-state index in [2.05, 4.69) is 5.32 Å². The number of aryl methyl sites for hydroxylation is 1. The highest BCUT2D eigenvalue weighted by molar-refractivity contribution is 7.88. The lowest BCUT2D eigenvalue weighted by Crippen LogP contribution is -2.37. The molecule has 0 aromatic heterocycles. The van der Waals surface area contributed by atoms with Gasteiger partial charge in [-0.25, -0.2) is 8.42 Å². The van der Waals surface area contributed by atoms with E-state index in [1.807, 2.05) is 37.3 Å². The highest BCUT2D eigenvalue weighted by Gasteiger charge is 2.21. The molecule has 0 radical (unpaired) electrons. The number of nitriles is 1. The number of anilines is 1. The fourth-order valence-electron chi connectivity index (χ4n) is 2.30. The van der Waals surface area contributed by atoms with Crippen LogP contribution in [0.2, 0.25) is 0 Å². The van der Waals surface area contributed by atoms with E-state index < -0.39 is 15.9 Å². The van der Waals surface area contributed by atoms with Crippen molar-refractivity contribution < 1.29 is 13.2 Å². The van der Waals surface area contributed by atoms with Gasteiger partial charge in [0.1, 0.15) is 0 Å². The summed E-state index contributed by atoms with van der Waals surface area (Å²) in [7, 11) is -3.56. The van der Waals surface area contributed by atoms with Crippen LogP contribution in [0, 0.1) is 18.3 Å². The Kier molecular flexibility index (Phi) is 5.91. The molecule has 0 fully saturated rings. The zero-order valence-corrected chi connectivity index (χ0v) is 14.9. The summed E-state index contributed by atoms with van der Waals surface area (Å²) in [6.07, 6.45) is 1.08. The van der Waals surface area contributed by atoms with Crippen LogP contribution in [0.4, 0.5) is 5.69 Å². The molecule has 6 nitrogen and oxygen atoms in total. The van der Waals surface area contributed by atoms with Crippen LogP contribution in [0.3, 0.4) is 0 Å². The van der Waals surface area contributed by atoms with Crippen molar-refractivity contribution in [2.24, 2.45) is 0 Å². The molecule has 25 heavy (non-hydrogen) atoms. The van der Waals surface area contributed by atoms with E-state index in [-0.39, 0.29) is 13.1 Å². The third-order valence-corrected chi connectivity index (χ3v) is 4.87. The van der Waals surface area contributed by atoms with E-state index in [4.69, 9.17) is 5.26 Å². The van der Waals surface area contributed by atoms with Crippen molar-refractivity contribution in [3.05, 3.63) is 65.2 Å². The fraction of sp³-hybridized carbons (Fsp3) is 0.222. The van der Waals surface area contributed by atoms with Crippen molar-refractivity contribution in [3.63, 3.8) is 0 Å². The molecule has 0 atom stereocenters. The maximum Gasteiger partial charge on any atom is 0.239 e. The molecule has 1 amide bonds. The predicted octanol–water partition coefficient (Wildman–Crippen LogP) is 2.27. The molecular weight excluding hydrogens is 338 g/mol.